The number of ketones is 1. The van der Waals surface area contributed by atoms with E-state index in [-0.39, 0.29) is 11.8 Å². The van der Waals surface area contributed by atoms with Crippen molar-refractivity contribution in [2.45, 2.75) is 46.2 Å². The first-order valence-electron chi connectivity index (χ1n) is 13.2. The molecule has 0 aliphatic carbocycles. The van der Waals surface area contributed by atoms with E-state index in [1.807, 2.05) is 24.5 Å². The molecule has 2 atom stereocenters. The first-order valence-corrected chi connectivity index (χ1v) is 14.1. The van der Waals surface area contributed by atoms with Gasteiger partial charge in [-0.1, -0.05) is 24.3 Å². The molecule has 4 heterocycles. The highest BCUT2D eigenvalue weighted by Gasteiger charge is 2.25. The third kappa shape index (κ3) is 5.87. The quantitative estimate of drug-likeness (QED) is 0.281. The van der Waals surface area contributed by atoms with E-state index in [4.69, 9.17) is 9.97 Å². The Kier molecular flexibility index (Phi) is 7.72. The number of anilines is 2. The molecule has 38 heavy (non-hydrogen) atoms. The molecule has 3 aromatic heterocycles. The molecule has 0 radical (unpaired) electrons. The van der Waals surface area contributed by atoms with E-state index in [2.05, 4.69) is 83.6 Å². The molecule has 1 aromatic carbocycles. The lowest BCUT2D eigenvalue weighted by Crippen LogP contribution is -2.21. The van der Waals surface area contributed by atoms with Crippen LogP contribution in [0.3, 0.4) is 0 Å². The second-order valence-electron chi connectivity index (χ2n) is 10.6. The molecule has 1 N–H and O–H groups in total. The lowest BCUT2D eigenvalue weighted by Gasteiger charge is -2.19. The lowest BCUT2D eigenvalue weighted by molar-refractivity contribution is -0.117. The summed E-state index contributed by atoms with van der Waals surface area (Å²) in [6.07, 6.45) is 3.50. The SMILES string of the molecule is CC(=O)C[C@H]1CCN(c2cc3c(NC(C)c4ccc(-c5ccccc5CN(C)C)s4)nc(C)nc3cn2)C1. The molecule has 8 heteroatoms. The number of pyridine rings is 1. The fourth-order valence-corrected chi connectivity index (χ4v) is 6.35. The molecule has 1 saturated heterocycles. The van der Waals surface area contributed by atoms with Crippen LogP contribution in [0, 0.1) is 12.8 Å². The van der Waals surface area contributed by atoms with Crippen molar-refractivity contribution in [3.8, 4) is 10.4 Å². The molecule has 0 spiro atoms. The Balaban J connectivity index is 1.39. The summed E-state index contributed by atoms with van der Waals surface area (Å²) in [4.78, 5) is 32.7. The molecule has 0 saturated carbocycles. The van der Waals surface area contributed by atoms with Crippen LogP contribution in [0.15, 0.2) is 48.7 Å². The van der Waals surface area contributed by atoms with Crippen LogP contribution in [0.5, 0.6) is 0 Å². The summed E-state index contributed by atoms with van der Waals surface area (Å²) in [7, 11) is 4.21. The zero-order valence-electron chi connectivity index (χ0n) is 22.9. The number of hydrogen-bond donors (Lipinski definition) is 1. The van der Waals surface area contributed by atoms with Gasteiger partial charge in [-0.3, -0.25) is 0 Å². The van der Waals surface area contributed by atoms with Gasteiger partial charge in [-0.25, -0.2) is 15.0 Å². The third-order valence-corrected chi connectivity index (χ3v) is 8.34. The smallest absolute Gasteiger partial charge is 0.138 e. The van der Waals surface area contributed by atoms with Gasteiger partial charge in [-0.05, 0) is 76.5 Å². The van der Waals surface area contributed by atoms with Crippen LogP contribution < -0.4 is 10.2 Å². The average Bonchev–Trinajstić information content (AvgIpc) is 3.54. The number of hydrogen-bond acceptors (Lipinski definition) is 8. The topological polar surface area (TPSA) is 74.2 Å². The minimum atomic E-state index is 0.0793. The number of benzene rings is 1. The van der Waals surface area contributed by atoms with Gasteiger partial charge in [0.15, 0.2) is 0 Å². The van der Waals surface area contributed by atoms with Gasteiger partial charge < -0.3 is 19.9 Å². The standard InChI is InChI=1S/C30H36N6OS/c1-19(37)14-22-12-13-36(17-22)29-15-25-26(16-31-29)33-21(3)34-30(25)32-20(2)27-10-11-28(38-27)24-9-7-6-8-23(24)18-35(4)5/h6-11,15-16,20,22H,12-14,17-18H2,1-5H3,(H,32,33,34)/t20?,22-/m1/s1. The van der Waals surface area contributed by atoms with Crippen molar-refractivity contribution in [2.24, 2.45) is 5.92 Å². The fourth-order valence-electron chi connectivity index (χ4n) is 5.28. The van der Waals surface area contributed by atoms with Gasteiger partial charge in [0.1, 0.15) is 23.2 Å². The Morgan fingerprint density at radius 1 is 1.21 bits per heavy atom. The molecule has 1 aliphatic heterocycles. The van der Waals surface area contributed by atoms with E-state index >= 15 is 0 Å². The molecule has 7 nitrogen and oxygen atoms in total. The van der Waals surface area contributed by atoms with Crippen LogP contribution in [0.25, 0.3) is 21.3 Å². The van der Waals surface area contributed by atoms with Gasteiger partial charge in [0.05, 0.1) is 17.8 Å². The fraction of sp³-hybridized carbons (Fsp3) is 0.400. The largest absolute Gasteiger partial charge is 0.362 e. The van der Waals surface area contributed by atoms with Crippen LogP contribution in [-0.4, -0.2) is 52.8 Å². The second kappa shape index (κ2) is 11.2. The monoisotopic (exact) mass is 528 g/mol. The Morgan fingerprint density at radius 2 is 2.03 bits per heavy atom. The van der Waals surface area contributed by atoms with Crippen LogP contribution >= 0.6 is 11.3 Å². The average molecular weight is 529 g/mol. The summed E-state index contributed by atoms with van der Waals surface area (Å²) in [6.45, 7) is 8.45. The Labute approximate surface area is 228 Å². The second-order valence-corrected chi connectivity index (χ2v) is 11.8. The van der Waals surface area contributed by atoms with Crippen molar-refractivity contribution in [3.63, 3.8) is 0 Å². The van der Waals surface area contributed by atoms with E-state index in [1.165, 1.54) is 20.9 Å². The molecular formula is C30H36N6OS. The number of nitrogens with zero attached hydrogens (tertiary/aromatic N) is 5. The first-order chi connectivity index (χ1) is 18.3. The van der Waals surface area contributed by atoms with Crippen LogP contribution in [-0.2, 0) is 11.3 Å². The zero-order chi connectivity index (χ0) is 26.8. The minimum absolute atomic E-state index is 0.0793. The highest BCUT2D eigenvalue weighted by atomic mass is 32.1. The highest BCUT2D eigenvalue weighted by Crippen LogP contribution is 2.36. The number of nitrogens with one attached hydrogen (secondary N) is 1. The Bertz CT molecular complexity index is 1450. The maximum Gasteiger partial charge on any atom is 0.138 e. The number of aromatic nitrogens is 3. The molecule has 5 rings (SSSR count). The van der Waals surface area contributed by atoms with Crippen molar-refractivity contribution in [3.05, 3.63) is 64.9 Å². The lowest BCUT2D eigenvalue weighted by atomic mass is 10.0. The minimum Gasteiger partial charge on any atom is -0.362 e. The molecule has 0 amide bonds. The molecule has 198 valence electrons. The third-order valence-electron chi connectivity index (χ3n) is 7.04. The Hall–Kier alpha value is -3.36. The molecule has 0 bridgehead atoms. The highest BCUT2D eigenvalue weighted by molar-refractivity contribution is 7.15. The number of aryl methyl sites for hydroxylation is 1. The zero-order valence-corrected chi connectivity index (χ0v) is 23.7. The van der Waals surface area contributed by atoms with Crippen LogP contribution in [0.1, 0.15) is 49.0 Å². The van der Waals surface area contributed by atoms with Crippen LogP contribution in [0.2, 0.25) is 0 Å². The maximum absolute atomic E-state index is 11.6. The molecular weight excluding hydrogens is 492 g/mol. The summed E-state index contributed by atoms with van der Waals surface area (Å²) in [6, 6.07) is 15.3. The number of thiophene rings is 1. The van der Waals surface area contributed by atoms with Gasteiger partial charge in [0.25, 0.3) is 0 Å². The van der Waals surface area contributed by atoms with Gasteiger partial charge in [-0.15, -0.1) is 11.3 Å². The van der Waals surface area contributed by atoms with Crippen molar-refractivity contribution in [1.29, 1.82) is 0 Å². The van der Waals surface area contributed by atoms with E-state index in [0.29, 0.717) is 18.2 Å². The molecule has 1 aliphatic rings. The van der Waals surface area contributed by atoms with Crippen molar-refractivity contribution >= 4 is 39.7 Å². The maximum atomic E-state index is 11.6. The van der Waals surface area contributed by atoms with Gasteiger partial charge in [0.2, 0.25) is 0 Å². The van der Waals surface area contributed by atoms with Crippen molar-refractivity contribution in [1.82, 2.24) is 19.9 Å². The number of Topliss-reactive ketones (excluding diaryl/α,β-unsaturated/α-hetero) is 1. The summed E-state index contributed by atoms with van der Waals surface area (Å²) in [5, 5.41) is 4.63. The van der Waals surface area contributed by atoms with E-state index in [1.54, 1.807) is 6.92 Å². The van der Waals surface area contributed by atoms with Crippen molar-refractivity contribution < 1.29 is 4.79 Å². The summed E-state index contributed by atoms with van der Waals surface area (Å²) in [5.41, 5.74) is 3.45. The van der Waals surface area contributed by atoms with Crippen molar-refractivity contribution in [2.75, 3.05) is 37.4 Å². The van der Waals surface area contributed by atoms with Gasteiger partial charge >= 0.3 is 0 Å². The summed E-state index contributed by atoms with van der Waals surface area (Å²) < 4.78 is 0. The number of carbonyl (C=O) groups excluding carboxylic acids is 1. The van der Waals surface area contributed by atoms with Gasteiger partial charge in [0, 0.05) is 41.2 Å². The molecule has 1 unspecified atom stereocenters. The van der Waals surface area contributed by atoms with E-state index in [0.717, 1.165) is 48.6 Å². The molecule has 1 fully saturated rings. The van der Waals surface area contributed by atoms with E-state index in [9.17, 15) is 4.79 Å². The predicted molar refractivity (Wildman–Crippen MR) is 157 cm³/mol. The number of rotatable bonds is 9. The number of carbonyl (C=O) groups is 1. The summed E-state index contributed by atoms with van der Waals surface area (Å²) in [5.74, 6) is 3.11. The first kappa shape index (κ1) is 26.3. The van der Waals surface area contributed by atoms with Gasteiger partial charge in [-0.2, -0.15) is 0 Å². The van der Waals surface area contributed by atoms with E-state index < -0.39 is 0 Å². The predicted octanol–water partition coefficient (Wildman–Crippen LogP) is 6.10. The normalized spacial score (nSPS) is 16.4. The number of fused-ring (bicyclic) bond motifs is 1. The summed E-state index contributed by atoms with van der Waals surface area (Å²) >= 11 is 1.82. The molecule has 4 aromatic rings. The van der Waals surface area contributed by atoms with Crippen LogP contribution in [0.4, 0.5) is 11.6 Å². The Morgan fingerprint density at radius 3 is 2.82 bits per heavy atom.